The Balaban J connectivity index is 2.06. The molecule has 2 nitrogen and oxygen atoms in total. The highest BCUT2D eigenvalue weighted by molar-refractivity contribution is 6.79. The zero-order chi connectivity index (χ0) is 16.8. The maximum atomic E-state index is 12.3. The zero-order valence-electron chi connectivity index (χ0n) is 14.6. The Bertz CT molecular complexity index is 804. The quantitative estimate of drug-likeness (QED) is 0.803. The smallest absolute Gasteiger partial charge is 0.214 e. The molecule has 0 heterocycles. The number of rotatable bonds is 3. The second kappa shape index (κ2) is 5.64. The van der Waals surface area contributed by atoms with Gasteiger partial charge in [0, 0.05) is 11.5 Å². The van der Waals surface area contributed by atoms with Crippen molar-refractivity contribution in [3.63, 3.8) is 0 Å². The predicted octanol–water partition coefficient (Wildman–Crippen LogP) is 4.86. The summed E-state index contributed by atoms with van der Waals surface area (Å²) in [7, 11) is -1.97. The van der Waals surface area contributed by atoms with Crippen molar-refractivity contribution in [2.45, 2.75) is 39.4 Å². The van der Waals surface area contributed by atoms with Crippen LogP contribution in [0.25, 0.3) is 16.8 Å². The van der Waals surface area contributed by atoms with Gasteiger partial charge in [-0.2, -0.15) is 0 Å². The number of carbonyl (C=O) groups excluding carboxylic acids is 1. The van der Waals surface area contributed by atoms with Crippen molar-refractivity contribution in [2.24, 2.45) is 5.92 Å². The van der Waals surface area contributed by atoms with Crippen LogP contribution in [0.4, 0.5) is 0 Å². The van der Waals surface area contributed by atoms with Gasteiger partial charge < -0.3 is 4.98 Å². The van der Waals surface area contributed by atoms with Gasteiger partial charge in [0.25, 0.3) is 0 Å². The monoisotopic (exact) mass is 323 g/mol. The molecule has 3 rings (SSSR count). The lowest BCUT2D eigenvalue weighted by molar-refractivity contribution is -0.122. The summed E-state index contributed by atoms with van der Waals surface area (Å²) in [6, 6.07) is 13.0. The molecule has 1 aliphatic carbocycles. The number of benzene rings is 2. The molecule has 1 aliphatic rings. The molecule has 1 N–H and O–H groups in total. The van der Waals surface area contributed by atoms with E-state index in [1.807, 2.05) is 13.8 Å². The van der Waals surface area contributed by atoms with Crippen LogP contribution in [0, 0.1) is 5.92 Å². The molecule has 0 radical (unpaired) electrons. The molecular weight excluding hydrogens is 298 g/mol. The molecule has 0 spiro atoms. The normalized spacial score (nSPS) is 17.3. The Morgan fingerprint density at radius 3 is 2.52 bits per heavy atom. The van der Waals surface area contributed by atoms with Crippen LogP contribution in [0.1, 0.15) is 37.4 Å². The van der Waals surface area contributed by atoms with E-state index in [1.165, 1.54) is 27.5 Å². The van der Waals surface area contributed by atoms with Gasteiger partial charge in [-0.15, -0.1) is 0 Å². The Kier molecular flexibility index (Phi) is 3.92. The number of hydrogen-bond acceptors (Lipinski definition) is 1. The number of carbonyl (C=O) groups is 1. The van der Waals surface area contributed by atoms with Crippen LogP contribution in [0.15, 0.2) is 42.0 Å². The van der Waals surface area contributed by atoms with Crippen LogP contribution in [0.5, 0.6) is 0 Å². The van der Waals surface area contributed by atoms with Crippen molar-refractivity contribution in [2.75, 3.05) is 0 Å². The number of amides is 1. The summed E-state index contributed by atoms with van der Waals surface area (Å²) in [6.45, 7) is 10.6. The first-order chi connectivity index (χ1) is 10.8. The SMILES string of the molecule is CC1=Cc2c(ccc3ccccc23)C1[Si](C)(C)NC(=O)C(C)C. The minimum atomic E-state index is -1.97. The fourth-order valence-electron chi connectivity index (χ4n) is 3.77. The summed E-state index contributed by atoms with van der Waals surface area (Å²) >= 11 is 0. The lowest BCUT2D eigenvalue weighted by Crippen LogP contribution is -2.54. The topological polar surface area (TPSA) is 29.1 Å². The minimum Gasteiger partial charge on any atom is -0.381 e. The fourth-order valence-corrected chi connectivity index (χ4v) is 7.09. The zero-order valence-corrected chi connectivity index (χ0v) is 15.6. The molecular formula is C20H25NOSi. The van der Waals surface area contributed by atoms with Crippen molar-refractivity contribution in [1.82, 2.24) is 4.98 Å². The maximum Gasteiger partial charge on any atom is 0.214 e. The maximum absolute atomic E-state index is 12.3. The standard InChI is InChI=1S/C20H25NOSi/c1-13(2)20(22)21-23(4,5)19-14(3)12-18-16-9-7-6-8-15(16)10-11-17(18)19/h6-13,19H,1-5H3,(H,21,22). The second-order valence-corrected chi connectivity index (χ2v) is 11.7. The second-order valence-electron chi connectivity index (χ2n) is 7.48. The van der Waals surface area contributed by atoms with Crippen molar-refractivity contribution in [3.8, 4) is 0 Å². The first-order valence-electron chi connectivity index (χ1n) is 8.33. The summed E-state index contributed by atoms with van der Waals surface area (Å²) in [6.07, 6.45) is 2.32. The summed E-state index contributed by atoms with van der Waals surface area (Å²) in [5, 5.41) is 2.59. The summed E-state index contributed by atoms with van der Waals surface area (Å²) in [5.74, 6) is 0.201. The minimum absolute atomic E-state index is 0.0311. The summed E-state index contributed by atoms with van der Waals surface area (Å²) in [5.41, 5.74) is 4.44. The largest absolute Gasteiger partial charge is 0.381 e. The van der Waals surface area contributed by atoms with Gasteiger partial charge in [-0.25, -0.2) is 0 Å². The van der Waals surface area contributed by atoms with Crippen LogP contribution in [-0.2, 0) is 4.79 Å². The summed E-state index contributed by atoms with van der Waals surface area (Å²) in [4.78, 5) is 15.6. The van der Waals surface area contributed by atoms with Crippen molar-refractivity contribution in [3.05, 3.63) is 53.1 Å². The molecule has 1 atom stereocenters. The van der Waals surface area contributed by atoms with Crippen LogP contribution < -0.4 is 4.98 Å². The van der Waals surface area contributed by atoms with Crippen LogP contribution in [-0.4, -0.2) is 14.1 Å². The molecule has 0 fully saturated rings. The third-order valence-electron chi connectivity index (χ3n) is 4.83. The van der Waals surface area contributed by atoms with Crippen LogP contribution in [0.3, 0.4) is 0 Å². The predicted molar refractivity (Wildman–Crippen MR) is 101 cm³/mol. The highest BCUT2D eigenvalue weighted by Crippen LogP contribution is 2.43. The van der Waals surface area contributed by atoms with Crippen LogP contribution in [0.2, 0.25) is 13.1 Å². The fraction of sp³-hybridized carbons (Fsp3) is 0.350. The van der Waals surface area contributed by atoms with Gasteiger partial charge in [-0.1, -0.05) is 75.0 Å². The van der Waals surface area contributed by atoms with Crippen molar-refractivity contribution >= 4 is 31.0 Å². The van der Waals surface area contributed by atoms with Crippen molar-refractivity contribution in [1.29, 1.82) is 0 Å². The highest BCUT2D eigenvalue weighted by atomic mass is 28.3. The molecule has 0 bridgehead atoms. The molecule has 3 heteroatoms. The molecule has 0 saturated heterocycles. The molecule has 120 valence electrons. The van der Waals surface area contributed by atoms with Gasteiger partial charge in [0.2, 0.25) is 5.91 Å². The Morgan fingerprint density at radius 2 is 1.83 bits per heavy atom. The van der Waals surface area contributed by atoms with E-state index in [1.54, 1.807) is 0 Å². The lowest BCUT2D eigenvalue weighted by Gasteiger charge is -2.33. The Labute approximate surface area is 139 Å². The third-order valence-corrected chi connectivity index (χ3v) is 7.93. The molecule has 1 unspecified atom stereocenters. The molecule has 1 amide bonds. The molecule has 0 aromatic heterocycles. The average Bonchev–Trinajstić information content (AvgIpc) is 2.83. The molecule has 23 heavy (non-hydrogen) atoms. The molecule has 0 aliphatic heterocycles. The van der Waals surface area contributed by atoms with Crippen molar-refractivity contribution < 1.29 is 4.79 Å². The van der Waals surface area contributed by atoms with Crippen LogP contribution >= 0.6 is 0 Å². The number of nitrogens with one attached hydrogen (secondary N) is 1. The van der Waals surface area contributed by atoms with E-state index >= 15 is 0 Å². The van der Waals surface area contributed by atoms with Gasteiger partial charge in [0.05, 0.1) is 0 Å². The Morgan fingerprint density at radius 1 is 1.13 bits per heavy atom. The number of hydrogen-bond donors (Lipinski definition) is 1. The van der Waals surface area contributed by atoms with E-state index in [0.29, 0.717) is 5.54 Å². The summed E-state index contributed by atoms with van der Waals surface area (Å²) < 4.78 is 0. The molecule has 0 saturated carbocycles. The van der Waals surface area contributed by atoms with E-state index < -0.39 is 8.24 Å². The van der Waals surface area contributed by atoms with Gasteiger partial charge in [0.15, 0.2) is 8.24 Å². The average molecular weight is 324 g/mol. The van der Waals surface area contributed by atoms with E-state index in [-0.39, 0.29) is 11.8 Å². The first-order valence-corrected chi connectivity index (χ1v) is 11.4. The van der Waals surface area contributed by atoms with E-state index in [9.17, 15) is 4.79 Å². The third kappa shape index (κ3) is 2.74. The van der Waals surface area contributed by atoms with E-state index in [2.05, 4.69) is 67.5 Å². The van der Waals surface area contributed by atoms with Gasteiger partial charge >= 0.3 is 0 Å². The Hall–Kier alpha value is -1.87. The lowest BCUT2D eigenvalue weighted by atomic mass is 10.0. The first kappa shape index (κ1) is 16.0. The molecule has 2 aromatic carbocycles. The van der Waals surface area contributed by atoms with E-state index in [4.69, 9.17) is 0 Å². The highest BCUT2D eigenvalue weighted by Gasteiger charge is 2.40. The number of allylic oxidation sites excluding steroid dienone is 1. The molecule has 2 aromatic rings. The van der Waals surface area contributed by atoms with Gasteiger partial charge in [-0.3, -0.25) is 4.79 Å². The number of fused-ring (bicyclic) bond motifs is 3. The van der Waals surface area contributed by atoms with E-state index in [0.717, 1.165) is 0 Å². The van der Waals surface area contributed by atoms with Gasteiger partial charge in [-0.05, 0) is 28.8 Å². The van der Waals surface area contributed by atoms with Gasteiger partial charge in [0.1, 0.15) is 0 Å².